The quantitative estimate of drug-likeness (QED) is 0.845. The summed E-state index contributed by atoms with van der Waals surface area (Å²) in [5.41, 5.74) is 1.94. The Morgan fingerprint density at radius 1 is 1.17 bits per heavy atom. The molecule has 0 amide bonds. The minimum atomic E-state index is 0.0112. The van der Waals surface area contributed by atoms with E-state index >= 15 is 0 Å². The Morgan fingerprint density at radius 2 is 1.96 bits per heavy atom. The van der Waals surface area contributed by atoms with E-state index < -0.39 is 0 Å². The highest BCUT2D eigenvalue weighted by atomic mass is 16.5. The highest BCUT2D eigenvalue weighted by Gasteiger charge is 2.19. The summed E-state index contributed by atoms with van der Waals surface area (Å²) < 4.78 is 13.2. The smallest absolute Gasteiger partial charge is 0.204 e. The van der Waals surface area contributed by atoms with Gasteiger partial charge in [0.25, 0.3) is 0 Å². The maximum absolute atomic E-state index is 8.80. The fraction of sp³-hybridized carbons (Fsp3) is 0.389. The molecule has 0 radical (unpaired) electrons. The largest absolute Gasteiger partial charge is 0.491 e. The van der Waals surface area contributed by atoms with Crippen LogP contribution < -0.4 is 9.75 Å². The number of aliphatic hydroxyl groups is 1. The van der Waals surface area contributed by atoms with E-state index in [0.29, 0.717) is 13.2 Å². The van der Waals surface area contributed by atoms with Crippen molar-refractivity contribution in [2.24, 2.45) is 0 Å². The molecule has 0 aliphatic carbocycles. The maximum atomic E-state index is 8.80. The van der Waals surface area contributed by atoms with Gasteiger partial charge in [0.1, 0.15) is 18.2 Å². The van der Waals surface area contributed by atoms with Crippen molar-refractivity contribution in [3.63, 3.8) is 0 Å². The van der Waals surface area contributed by atoms with Gasteiger partial charge in [-0.15, -0.1) is 0 Å². The molecule has 2 aromatic rings. The van der Waals surface area contributed by atoms with Crippen LogP contribution in [0.5, 0.6) is 5.75 Å². The van der Waals surface area contributed by atoms with Crippen LogP contribution in [0.3, 0.4) is 0 Å². The number of aliphatic hydroxyl groups excluding tert-OH is 1. The molecular weight excluding hydrogens is 306 g/mol. The molecular formula is C18H23N3O3. The minimum Gasteiger partial charge on any atom is -0.491 e. The van der Waals surface area contributed by atoms with Gasteiger partial charge < -0.3 is 14.6 Å². The molecule has 6 nitrogen and oxygen atoms in total. The second-order valence-corrected chi connectivity index (χ2v) is 5.60. The fourth-order valence-corrected chi connectivity index (χ4v) is 2.61. The van der Waals surface area contributed by atoms with Crippen LogP contribution in [0.1, 0.15) is 19.2 Å². The molecule has 0 saturated heterocycles. The maximum Gasteiger partial charge on any atom is 0.204 e. The van der Waals surface area contributed by atoms with E-state index in [0.717, 1.165) is 41.6 Å². The van der Waals surface area contributed by atoms with Gasteiger partial charge >= 0.3 is 0 Å². The second kappa shape index (κ2) is 7.40. The first-order valence-electron chi connectivity index (χ1n) is 8.22. The summed E-state index contributed by atoms with van der Waals surface area (Å²) in [5, 5.41) is 10.8. The third-order valence-electron chi connectivity index (χ3n) is 3.82. The van der Waals surface area contributed by atoms with Gasteiger partial charge in [0.05, 0.1) is 25.1 Å². The number of benzene rings is 1. The Kier molecular flexibility index (Phi) is 5.05. The first-order valence-corrected chi connectivity index (χ1v) is 8.22. The van der Waals surface area contributed by atoms with Crippen molar-refractivity contribution in [2.75, 3.05) is 31.9 Å². The lowest BCUT2D eigenvalue weighted by molar-refractivity contribution is 0.191. The standard InChI is InChI=1S/C18H23N3O3/c1-3-11-24-18-9-8-17-19-16(13-21(17)20(18)2)14-4-6-15(7-5-14)23-12-10-22/h4-7,9,13,22H,3,8,10-12H2,1-2H3. The molecule has 1 N–H and O–H groups in total. The van der Waals surface area contributed by atoms with Gasteiger partial charge in [0, 0.05) is 19.0 Å². The van der Waals surface area contributed by atoms with E-state index in [2.05, 4.69) is 13.0 Å². The SMILES string of the molecule is CCCOC1=CCc2nc(-c3ccc(OCCO)cc3)cn2N1C. The zero-order valence-corrected chi connectivity index (χ0v) is 14.1. The number of rotatable bonds is 7. The van der Waals surface area contributed by atoms with Gasteiger partial charge in [-0.2, -0.15) is 0 Å². The summed E-state index contributed by atoms with van der Waals surface area (Å²) in [5.74, 6) is 2.59. The molecule has 0 spiro atoms. The van der Waals surface area contributed by atoms with Gasteiger partial charge in [-0.1, -0.05) is 6.92 Å². The van der Waals surface area contributed by atoms with Gasteiger partial charge in [-0.25, -0.2) is 9.66 Å². The molecule has 1 aliphatic rings. The van der Waals surface area contributed by atoms with E-state index in [1.54, 1.807) is 0 Å². The van der Waals surface area contributed by atoms with Crippen LogP contribution >= 0.6 is 0 Å². The molecule has 24 heavy (non-hydrogen) atoms. The molecule has 2 heterocycles. The first kappa shape index (κ1) is 16.4. The fourth-order valence-electron chi connectivity index (χ4n) is 2.61. The Balaban J connectivity index is 1.76. The molecule has 1 aromatic carbocycles. The number of hydrogen-bond donors (Lipinski definition) is 1. The van der Waals surface area contributed by atoms with Crippen molar-refractivity contribution in [1.29, 1.82) is 0 Å². The van der Waals surface area contributed by atoms with Crippen LogP contribution in [-0.2, 0) is 11.2 Å². The molecule has 3 rings (SSSR count). The van der Waals surface area contributed by atoms with Crippen LogP contribution in [0.4, 0.5) is 0 Å². The number of ether oxygens (including phenoxy) is 2. The van der Waals surface area contributed by atoms with Gasteiger partial charge in [0.15, 0.2) is 0 Å². The summed E-state index contributed by atoms with van der Waals surface area (Å²) in [6.45, 7) is 3.12. The van der Waals surface area contributed by atoms with E-state index in [1.807, 2.05) is 47.2 Å². The summed E-state index contributed by atoms with van der Waals surface area (Å²) in [6, 6.07) is 7.73. The summed E-state index contributed by atoms with van der Waals surface area (Å²) >= 11 is 0. The lowest BCUT2D eigenvalue weighted by Crippen LogP contribution is -2.34. The van der Waals surface area contributed by atoms with Gasteiger partial charge in [0.2, 0.25) is 5.88 Å². The number of imidazole rings is 1. The third kappa shape index (κ3) is 3.38. The third-order valence-corrected chi connectivity index (χ3v) is 3.82. The Morgan fingerprint density at radius 3 is 2.67 bits per heavy atom. The van der Waals surface area contributed by atoms with Crippen molar-refractivity contribution in [1.82, 2.24) is 9.66 Å². The molecule has 1 aromatic heterocycles. The van der Waals surface area contributed by atoms with E-state index in [1.165, 1.54) is 0 Å². The predicted molar refractivity (Wildman–Crippen MR) is 92.4 cm³/mol. The first-order chi connectivity index (χ1) is 11.7. The Bertz CT molecular complexity index is 707. The average molecular weight is 329 g/mol. The number of aromatic nitrogens is 2. The second-order valence-electron chi connectivity index (χ2n) is 5.60. The van der Waals surface area contributed by atoms with E-state index in [4.69, 9.17) is 19.6 Å². The summed E-state index contributed by atoms with van der Waals surface area (Å²) in [7, 11) is 1.97. The van der Waals surface area contributed by atoms with E-state index in [9.17, 15) is 0 Å². The van der Waals surface area contributed by atoms with Crippen molar-refractivity contribution < 1.29 is 14.6 Å². The van der Waals surface area contributed by atoms with Crippen LogP contribution in [0.2, 0.25) is 0 Å². The van der Waals surface area contributed by atoms with Gasteiger partial charge in [-0.3, -0.25) is 5.01 Å². The number of fused-ring (bicyclic) bond motifs is 1. The van der Waals surface area contributed by atoms with Crippen molar-refractivity contribution in [3.8, 4) is 17.0 Å². The van der Waals surface area contributed by atoms with Crippen molar-refractivity contribution in [2.45, 2.75) is 19.8 Å². The normalized spacial score (nSPS) is 13.5. The lowest BCUT2D eigenvalue weighted by atomic mass is 10.2. The highest BCUT2D eigenvalue weighted by molar-refractivity contribution is 5.60. The zero-order valence-electron chi connectivity index (χ0n) is 14.1. The molecule has 0 bridgehead atoms. The number of hydrogen-bond acceptors (Lipinski definition) is 5. The van der Waals surface area contributed by atoms with Crippen LogP contribution in [-0.4, -0.2) is 41.6 Å². The zero-order chi connectivity index (χ0) is 16.9. The molecule has 6 heteroatoms. The van der Waals surface area contributed by atoms with Gasteiger partial charge in [-0.05, 0) is 36.8 Å². The van der Waals surface area contributed by atoms with Crippen LogP contribution in [0.25, 0.3) is 11.3 Å². The lowest BCUT2D eigenvalue weighted by Gasteiger charge is -2.27. The summed E-state index contributed by atoms with van der Waals surface area (Å²) in [4.78, 5) is 4.72. The Labute approximate surface area is 141 Å². The number of allylic oxidation sites excluding steroid dienone is 1. The predicted octanol–water partition coefficient (Wildman–Crippen LogP) is 2.31. The molecule has 128 valence electrons. The minimum absolute atomic E-state index is 0.0112. The van der Waals surface area contributed by atoms with Crippen molar-refractivity contribution >= 4 is 0 Å². The van der Waals surface area contributed by atoms with E-state index in [-0.39, 0.29) is 6.61 Å². The van der Waals surface area contributed by atoms with Crippen molar-refractivity contribution in [3.05, 3.63) is 48.2 Å². The Hall–Kier alpha value is -2.47. The molecule has 0 fully saturated rings. The van der Waals surface area contributed by atoms with Crippen LogP contribution in [0.15, 0.2) is 42.4 Å². The molecule has 0 atom stereocenters. The summed E-state index contributed by atoms with van der Waals surface area (Å²) in [6.07, 6.45) is 5.81. The molecule has 1 aliphatic heterocycles. The monoisotopic (exact) mass is 329 g/mol. The number of nitrogens with zero attached hydrogens (tertiary/aromatic N) is 3. The average Bonchev–Trinajstić information content (AvgIpc) is 3.05. The van der Waals surface area contributed by atoms with Crippen LogP contribution in [0, 0.1) is 0 Å². The molecule has 0 unspecified atom stereocenters. The molecule has 0 saturated carbocycles. The topological polar surface area (TPSA) is 59.8 Å². The highest BCUT2D eigenvalue weighted by Crippen LogP contribution is 2.24.